The van der Waals surface area contributed by atoms with Crippen molar-refractivity contribution in [1.29, 1.82) is 0 Å². The van der Waals surface area contributed by atoms with Gasteiger partial charge in [0.25, 0.3) is 0 Å². The molecule has 0 saturated carbocycles. The second-order valence-corrected chi connectivity index (χ2v) is 4.81. The number of carbonyl (C=O) groups is 2. The number of aryl methyl sites for hydroxylation is 1. The Labute approximate surface area is 129 Å². The van der Waals surface area contributed by atoms with Crippen molar-refractivity contribution in [3.05, 3.63) is 59.7 Å². The Morgan fingerprint density at radius 3 is 2.09 bits per heavy atom. The fourth-order valence-electron chi connectivity index (χ4n) is 1.99. The van der Waals surface area contributed by atoms with Gasteiger partial charge in [0.1, 0.15) is 0 Å². The predicted molar refractivity (Wildman–Crippen MR) is 85.6 cm³/mol. The minimum absolute atomic E-state index is 0.357. The highest BCUT2D eigenvalue weighted by atomic mass is 16.5. The van der Waals surface area contributed by atoms with Gasteiger partial charge < -0.3 is 15.4 Å². The van der Waals surface area contributed by atoms with Crippen molar-refractivity contribution in [2.75, 3.05) is 17.7 Å². The molecule has 0 radical (unpaired) electrons. The number of anilines is 2. The maximum Gasteiger partial charge on any atom is 0.314 e. The zero-order valence-corrected chi connectivity index (χ0v) is 12.6. The van der Waals surface area contributed by atoms with E-state index < -0.39 is 11.8 Å². The first kappa shape index (κ1) is 15.7. The van der Waals surface area contributed by atoms with Crippen LogP contribution in [0, 0.1) is 6.92 Å². The van der Waals surface area contributed by atoms with Crippen molar-refractivity contribution in [2.24, 2.45) is 0 Å². The number of para-hydroxylation sites is 2. The summed E-state index contributed by atoms with van der Waals surface area (Å²) in [5, 5.41) is 5.20. The highest BCUT2D eigenvalue weighted by molar-refractivity contribution is 6.43. The van der Waals surface area contributed by atoms with Gasteiger partial charge in [-0.1, -0.05) is 36.4 Å². The largest absolute Gasteiger partial charge is 0.380 e. The Hall–Kier alpha value is -2.66. The standard InChI is InChI=1S/C17H18N2O3/c1-12-7-3-5-9-14(12)18-16(20)17(21)19-15-10-6-4-8-13(15)11-22-2/h3-10H,11H2,1-2H3,(H,18,20)(H,19,21). The molecule has 2 aromatic rings. The SMILES string of the molecule is COCc1ccccc1NC(=O)C(=O)Nc1ccccc1C. The fourth-order valence-corrected chi connectivity index (χ4v) is 1.99. The van der Waals surface area contributed by atoms with E-state index in [-0.39, 0.29) is 0 Å². The quantitative estimate of drug-likeness (QED) is 0.853. The van der Waals surface area contributed by atoms with Crippen LogP contribution in [-0.4, -0.2) is 18.9 Å². The molecule has 0 saturated heterocycles. The molecule has 5 heteroatoms. The summed E-state index contributed by atoms with van der Waals surface area (Å²) in [7, 11) is 1.57. The molecule has 0 unspecified atom stereocenters. The van der Waals surface area contributed by atoms with Gasteiger partial charge >= 0.3 is 11.8 Å². The van der Waals surface area contributed by atoms with Crippen LogP contribution in [-0.2, 0) is 20.9 Å². The smallest absolute Gasteiger partial charge is 0.314 e. The summed E-state index contributed by atoms with van der Waals surface area (Å²) in [5.41, 5.74) is 2.88. The van der Waals surface area contributed by atoms with Crippen molar-refractivity contribution in [2.45, 2.75) is 13.5 Å². The molecule has 0 heterocycles. The summed E-state index contributed by atoms with van der Waals surface area (Å²) in [6, 6.07) is 14.5. The van der Waals surface area contributed by atoms with E-state index in [9.17, 15) is 9.59 Å². The monoisotopic (exact) mass is 298 g/mol. The molecule has 114 valence electrons. The topological polar surface area (TPSA) is 67.4 Å². The number of methoxy groups -OCH3 is 1. The van der Waals surface area contributed by atoms with Gasteiger partial charge in [0.05, 0.1) is 6.61 Å². The molecule has 0 spiro atoms. The lowest BCUT2D eigenvalue weighted by molar-refractivity contribution is -0.133. The van der Waals surface area contributed by atoms with Gasteiger partial charge in [0.2, 0.25) is 0 Å². The minimum Gasteiger partial charge on any atom is -0.380 e. The van der Waals surface area contributed by atoms with Crippen molar-refractivity contribution in [3.63, 3.8) is 0 Å². The number of nitrogens with one attached hydrogen (secondary N) is 2. The van der Waals surface area contributed by atoms with Gasteiger partial charge in [-0.15, -0.1) is 0 Å². The molecule has 0 fully saturated rings. The number of carbonyl (C=O) groups excluding carboxylic acids is 2. The van der Waals surface area contributed by atoms with E-state index in [4.69, 9.17) is 4.74 Å². The van der Waals surface area contributed by atoms with Crippen molar-refractivity contribution in [1.82, 2.24) is 0 Å². The zero-order valence-electron chi connectivity index (χ0n) is 12.6. The van der Waals surface area contributed by atoms with E-state index in [0.29, 0.717) is 18.0 Å². The van der Waals surface area contributed by atoms with E-state index in [1.807, 2.05) is 31.2 Å². The van der Waals surface area contributed by atoms with E-state index >= 15 is 0 Å². The van der Waals surface area contributed by atoms with E-state index in [1.54, 1.807) is 31.4 Å². The van der Waals surface area contributed by atoms with Crippen LogP contribution in [0.3, 0.4) is 0 Å². The lowest BCUT2D eigenvalue weighted by atomic mass is 10.2. The summed E-state index contributed by atoms with van der Waals surface area (Å²) < 4.78 is 5.07. The summed E-state index contributed by atoms with van der Waals surface area (Å²) in [6.45, 7) is 2.22. The molecule has 0 aliphatic carbocycles. The second-order valence-electron chi connectivity index (χ2n) is 4.81. The number of hydrogen-bond acceptors (Lipinski definition) is 3. The molecule has 22 heavy (non-hydrogen) atoms. The van der Waals surface area contributed by atoms with Crippen LogP contribution >= 0.6 is 0 Å². The van der Waals surface area contributed by atoms with Crippen LogP contribution in [0.1, 0.15) is 11.1 Å². The maximum atomic E-state index is 12.0. The summed E-state index contributed by atoms with van der Waals surface area (Å²) in [4.78, 5) is 24.0. The Balaban J connectivity index is 2.06. The molecule has 2 amide bonds. The van der Waals surface area contributed by atoms with Crippen LogP contribution in [0.15, 0.2) is 48.5 Å². The van der Waals surface area contributed by atoms with Crippen LogP contribution in [0.4, 0.5) is 11.4 Å². The van der Waals surface area contributed by atoms with Gasteiger partial charge in [-0.05, 0) is 24.6 Å². The van der Waals surface area contributed by atoms with Gasteiger partial charge in [-0.2, -0.15) is 0 Å². The zero-order chi connectivity index (χ0) is 15.9. The van der Waals surface area contributed by atoms with Crippen molar-refractivity contribution < 1.29 is 14.3 Å². The number of amides is 2. The first-order valence-electron chi connectivity index (χ1n) is 6.86. The minimum atomic E-state index is -0.716. The first-order chi connectivity index (χ1) is 10.6. The third-order valence-corrected chi connectivity index (χ3v) is 3.16. The first-order valence-corrected chi connectivity index (χ1v) is 6.86. The molecule has 5 nitrogen and oxygen atoms in total. The van der Waals surface area contributed by atoms with Gasteiger partial charge in [0, 0.05) is 24.0 Å². The Kier molecular flexibility index (Phi) is 5.27. The molecule has 2 N–H and O–H groups in total. The predicted octanol–water partition coefficient (Wildman–Crippen LogP) is 2.72. The second kappa shape index (κ2) is 7.38. The average molecular weight is 298 g/mol. The Morgan fingerprint density at radius 1 is 0.909 bits per heavy atom. The molecule has 0 aliphatic rings. The summed E-state index contributed by atoms with van der Waals surface area (Å²) in [5.74, 6) is -1.42. The number of ether oxygens (including phenoxy) is 1. The lowest BCUT2D eigenvalue weighted by Crippen LogP contribution is -2.29. The number of benzene rings is 2. The van der Waals surface area contributed by atoms with E-state index in [0.717, 1.165) is 11.1 Å². The fraction of sp³-hybridized carbons (Fsp3) is 0.176. The van der Waals surface area contributed by atoms with Crippen LogP contribution < -0.4 is 10.6 Å². The maximum absolute atomic E-state index is 12.0. The van der Waals surface area contributed by atoms with Gasteiger partial charge in [-0.3, -0.25) is 9.59 Å². The molecular weight excluding hydrogens is 280 g/mol. The van der Waals surface area contributed by atoms with Crippen molar-refractivity contribution >= 4 is 23.2 Å². The van der Waals surface area contributed by atoms with E-state index in [1.165, 1.54) is 0 Å². The highest BCUT2D eigenvalue weighted by Crippen LogP contribution is 2.16. The molecule has 0 atom stereocenters. The van der Waals surface area contributed by atoms with E-state index in [2.05, 4.69) is 10.6 Å². The number of rotatable bonds is 4. The average Bonchev–Trinajstić information content (AvgIpc) is 2.51. The Bertz CT molecular complexity index is 683. The molecule has 0 bridgehead atoms. The van der Waals surface area contributed by atoms with Crippen LogP contribution in [0.5, 0.6) is 0 Å². The normalized spacial score (nSPS) is 10.1. The van der Waals surface area contributed by atoms with Crippen LogP contribution in [0.25, 0.3) is 0 Å². The third kappa shape index (κ3) is 3.93. The highest BCUT2D eigenvalue weighted by Gasteiger charge is 2.16. The number of hydrogen-bond donors (Lipinski definition) is 2. The summed E-state index contributed by atoms with van der Waals surface area (Å²) in [6.07, 6.45) is 0. The molecular formula is C17H18N2O3. The van der Waals surface area contributed by atoms with Crippen LogP contribution in [0.2, 0.25) is 0 Å². The molecule has 0 aliphatic heterocycles. The van der Waals surface area contributed by atoms with Gasteiger partial charge in [-0.25, -0.2) is 0 Å². The Morgan fingerprint density at radius 2 is 1.45 bits per heavy atom. The van der Waals surface area contributed by atoms with Crippen molar-refractivity contribution in [3.8, 4) is 0 Å². The molecule has 2 rings (SSSR count). The third-order valence-electron chi connectivity index (χ3n) is 3.16. The summed E-state index contributed by atoms with van der Waals surface area (Å²) >= 11 is 0. The lowest BCUT2D eigenvalue weighted by Gasteiger charge is -2.11. The molecule has 2 aromatic carbocycles. The molecule has 0 aromatic heterocycles. The van der Waals surface area contributed by atoms with Gasteiger partial charge in [0.15, 0.2) is 0 Å².